The second kappa shape index (κ2) is 9.22. The van der Waals surface area contributed by atoms with Gasteiger partial charge < -0.3 is 15.0 Å². The molecule has 0 saturated heterocycles. The van der Waals surface area contributed by atoms with Crippen molar-refractivity contribution in [2.24, 2.45) is 0 Å². The Bertz CT molecular complexity index is 896. The second-order valence-corrected chi connectivity index (χ2v) is 6.98. The Balaban J connectivity index is 1.85. The Kier molecular flexibility index (Phi) is 6.48. The van der Waals surface area contributed by atoms with E-state index in [1.54, 1.807) is 0 Å². The highest BCUT2D eigenvalue weighted by Gasteiger charge is 2.12. The average Bonchev–Trinajstić information content (AvgIpc) is 2.67. The molecule has 28 heavy (non-hydrogen) atoms. The number of aryl methyl sites for hydroxylation is 1. The fourth-order valence-corrected chi connectivity index (χ4v) is 2.95. The molecule has 2 aromatic carbocycles. The number of hydrogen-bond donors (Lipinski definition) is 1. The summed E-state index contributed by atoms with van der Waals surface area (Å²) in [6.45, 7) is 9.74. The highest BCUT2D eigenvalue weighted by atomic mass is 16.5. The molecule has 0 aliphatic carbocycles. The summed E-state index contributed by atoms with van der Waals surface area (Å²) >= 11 is 0. The molecule has 146 valence electrons. The molecule has 1 heterocycles. The smallest absolute Gasteiger partial charge is 0.227 e. The summed E-state index contributed by atoms with van der Waals surface area (Å²) < 4.78 is 5.91. The van der Waals surface area contributed by atoms with E-state index in [4.69, 9.17) is 9.72 Å². The molecule has 0 atom stereocenters. The zero-order valence-corrected chi connectivity index (χ0v) is 17.0. The van der Waals surface area contributed by atoms with Crippen molar-refractivity contribution in [1.29, 1.82) is 0 Å². The van der Waals surface area contributed by atoms with E-state index in [1.165, 1.54) is 5.56 Å². The topological polar surface area (TPSA) is 50.3 Å². The third kappa shape index (κ3) is 5.22. The number of anilines is 3. The molecule has 5 heteroatoms. The first-order valence-electron chi connectivity index (χ1n) is 9.72. The van der Waals surface area contributed by atoms with Gasteiger partial charge in [0.25, 0.3) is 0 Å². The lowest BCUT2D eigenvalue weighted by atomic mass is 10.2. The monoisotopic (exact) mass is 376 g/mol. The third-order valence-electron chi connectivity index (χ3n) is 4.24. The van der Waals surface area contributed by atoms with E-state index in [1.807, 2.05) is 57.2 Å². The Morgan fingerprint density at radius 1 is 1.00 bits per heavy atom. The Morgan fingerprint density at radius 2 is 1.71 bits per heavy atom. The van der Waals surface area contributed by atoms with Gasteiger partial charge in [0.2, 0.25) is 5.95 Å². The van der Waals surface area contributed by atoms with Crippen molar-refractivity contribution in [2.75, 3.05) is 16.8 Å². The van der Waals surface area contributed by atoms with Crippen LogP contribution in [0.4, 0.5) is 17.5 Å². The van der Waals surface area contributed by atoms with Crippen molar-refractivity contribution in [3.8, 4) is 5.75 Å². The van der Waals surface area contributed by atoms with Crippen molar-refractivity contribution in [2.45, 2.75) is 40.3 Å². The molecule has 1 N–H and O–H groups in total. The second-order valence-electron chi connectivity index (χ2n) is 6.98. The number of ether oxygens (including phenoxy) is 1. The molecule has 0 aliphatic heterocycles. The summed E-state index contributed by atoms with van der Waals surface area (Å²) in [6, 6.07) is 20.2. The average molecular weight is 377 g/mol. The highest BCUT2D eigenvalue weighted by molar-refractivity contribution is 5.65. The number of benzene rings is 2. The number of aromatic nitrogens is 2. The first kappa shape index (κ1) is 19.7. The number of nitrogens with zero attached hydrogens (tertiary/aromatic N) is 3. The van der Waals surface area contributed by atoms with E-state index in [2.05, 4.69) is 46.4 Å². The molecule has 3 aromatic rings. The van der Waals surface area contributed by atoms with Crippen molar-refractivity contribution >= 4 is 17.5 Å². The normalized spacial score (nSPS) is 10.8. The maximum absolute atomic E-state index is 5.91. The molecule has 1 aromatic heterocycles. The minimum absolute atomic E-state index is 0.104. The quantitative estimate of drug-likeness (QED) is 0.575. The summed E-state index contributed by atoms with van der Waals surface area (Å²) in [5.74, 6) is 2.29. The van der Waals surface area contributed by atoms with Crippen LogP contribution in [-0.4, -0.2) is 22.6 Å². The van der Waals surface area contributed by atoms with E-state index in [0.29, 0.717) is 0 Å². The maximum Gasteiger partial charge on any atom is 0.227 e. The van der Waals surface area contributed by atoms with Crippen LogP contribution in [0, 0.1) is 6.92 Å². The van der Waals surface area contributed by atoms with Crippen LogP contribution in [0.3, 0.4) is 0 Å². The largest absolute Gasteiger partial charge is 0.489 e. The molecule has 0 unspecified atom stereocenters. The summed E-state index contributed by atoms with van der Waals surface area (Å²) in [4.78, 5) is 11.6. The summed E-state index contributed by atoms with van der Waals surface area (Å²) in [5, 5.41) is 3.40. The molecular formula is C23H28N4O. The lowest BCUT2D eigenvalue weighted by Gasteiger charge is -2.22. The predicted octanol–water partition coefficient (Wildman–Crippen LogP) is 5.34. The molecule has 5 nitrogen and oxygen atoms in total. The number of para-hydroxylation sites is 2. The number of rotatable bonds is 8. The molecule has 3 rings (SSSR count). The molecule has 0 radical (unpaired) electrons. The van der Waals surface area contributed by atoms with Gasteiger partial charge in [-0.3, -0.25) is 0 Å². The summed E-state index contributed by atoms with van der Waals surface area (Å²) in [7, 11) is 0. The van der Waals surface area contributed by atoms with Gasteiger partial charge in [-0.25, -0.2) is 4.98 Å². The van der Waals surface area contributed by atoms with Crippen molar-refractivity contribution in [1.82, 2.24) is 9.97 Å². The van der Waals surface area contributed by atoms with Crippen LogP contribution in [0.1, 0.15) is 32.0 Å². The molecule has 0 bridgehead atoms. The standard InChI is InChI=1S/C23H28N4O/c1-5-27(16-19-11-7-6-8-12-19)23-24-18(4)15-22(26-23)25-20-13-9-10-14-21(20)28-17(2)3/h6-15,17H,5,16H2,1-4H3,(H,24,25,26). The zero-order valence-electron chi connectivity index (χ0n) is 17.0. The van der Waals surface area contributed by atoms with Gasteiger partial charge in [-0.05, 0) is 45.4 Å². The Hall–Kier alpha value is -3.08. The van der Waals surface area contributed by atoms with E-state index in [9.17, 15) is 0 Å². The fourth-order valence-electron chi connectivity index (χ4n) is 2.95. The fraction of sp³-hybridized carbons (Fsp3) is 0.304. The van der Waals surface area contributed by atoms with Gasteiger partial charge in [0.1, 0.15) is 11.6 Å². The van der Waals surface area contributed by atoms with Crippen molar-refractivity contribution in [3.63, 3.8) is 0 Å². The predicted molar refractivity (Wildman–Crippen MR) is 115 cm³/mol. The van der Waals surface area contributed by atoms with Crippen LogP contribution in [0.25, 0.3) is 0 Å². The van der Waals surface area contributed by atoms with E-state index in [-0.39, 0.29) is 6.10 Å². The molecular weight excluding hydrogens is 348 g/mol. The van der Waals surface area contributed by atoms with Crippen LogP contribution in [-0.2, 0) is 6.54 Å². The minimum Gasteiger partial charge on any atom is -0.489 e. The van der Waals surface area contributed by atoms with Crippen LogP contribution < -0.4 is 15.0 Å². The van der Waals surface area contributed by atoms with Gasteiger partial charge in [-0.2, -0.15) is 4.98 Å². The third-order valence-corrected chi connectivity index (χ3v) is 4.24. The Labute approximate surface area is 167 Å². The minimum atomic E-state index is 0.104. The first-order chi connectivity index (χ1) is 13.5. The van der Waals surface area contributed by atoms with E-state index >= 15 is 0 Å². The lowest BCUT2D eigenvalue weighted by Crippen LogP contribution is -2.24. The SMILES string of the molecule is CCN(Cc1ccccc1)c1nc(C)cc(Nc2ccccc2OC(C)C)n1. The molecule has 0 spiro atoms. The number of nitrogens with one attached hydrogen (secondary N) is 1. The van der Waals surface area contributed by atoms with Crippen molar-refractivity contribution < 1.29 is 4.74 Å². The molecule has 0 aliphatic rings. The van der Waals surface area contributed by atoms with E-state index < -0.39 is 0 Å². The van der Waals surface area contributed by atoms with Gasteiger partial charge >= 0.3 is 0 Å². The zero-order chi connectivity index (χ0) is 19.9. The molecule has 0 saturated carbocycles. The Morgan fingerprint density at radius 3 is 2.43 bits per heavy atom. The van der Waals surface area contributed by atoms with E-state index in [0.717, 1.165) is 42.0 Å². The van der Waals surface area contributed by atoms with Gasteiger partial charge in [0.05, 0.1) is 11.8 Å². The van der Waals surface area contributed by atoms with Gasteiger partial charge in [0.15, 0.2) is 0 Å². The van der Waals surface area contributed by atoms with Crippen molar-refractivity contribution in [3.05, 3.63) is 71.9 Å². The molecule has 0 amide bonds. The van der Waals surface area contributed by atoms with Crippen LogP contribution in [0.2, 0.25) is 0 Å². The summed E-state index contributed by atoms with van der Waals surface area (Å²) in [6.07, 6.45) is 0.104. The first-order valence-corrected chi connectivity index (χ1v) is 9.72. The lowest BCUT2D eigenvalue weighted by molar-refractivity contribution is 0.244. The molecule has 0 fully saturated rings. The van der Waals surface area contributed by atoms with Gasteiger partial charge in [-0.1, -0.05) is 42.5 Å². The van der Waals surface area contributed by atoms with Crippen LogP contribution >= 0.6 is 0 Å². The summed E-state index contributed by atoms with van der Waals surface area (Å²) in [5.41, 5.74) is 3.05. The highest BCUT2D eigenvalue weighted by Crippen LogP contribution is 2.28. The van der Waals surface area contributed by atoms with Gasteiger partial charge in [-0.15, -0.1) is 0 Å². The number of hydrogen-bond acceptors (Lipinski definition) is 5. The van der Waals surface area contributed by atoms with Crippen LogP contribution in [0.15, 0.2) is 60.7 Å². The van der Waals surface area contributed by atoms with Crippen LogP contribution in [0.5, 0.6) is 5.75 Å². The maximum atomic E-state index is 5.91. The van der Waals surface area contributed by atoms with Gasteiger partial charge in [0, 0.05) is 24.8 Å².